The molecule has 0 heterocycles. The third-order valence-electron chi connectivity index (χ3n) is 7.25. The summed E-state index contributed by atoms with van der Waals surface area (Å²) in [6.45, 7) is 0. The molecule has 0 N–H and O–H groups in total. The maximum Gasteiger partial charge on any atom is 0.373 e. The molecule has 0 amide bonds. The second-order valence-corrected chi connectivity index (χ2v) is 29.8. The molecule has 0 bridgehead atoms. The quantitative estimate of drug-likeness (QED) is 0.0557. The Labute approximate surface area is 290 Å². The molecule has 192 valence electrons. The first-order valence-corrected chi connectivity index (χ1v) is 24.8. The fourth-order valence-electron chi connectivity index (χ4n) is 5.98. The molecular formula is C24H6Br4Cl6S2Si2. The van der Waals surface area contributed by atoms with Crippen molar-refractivity contribution in [2.75, 3.05) is 0 Å². The molecule has 0 aromatic heterocycles. The molecule has 0 spiro atoms. The molecule has 7 aromatic rings. The maximum absolute atomic E-state index is 6.88. The van der Waals surface area contributed by atoms with Crippen LogP contribution in [0.15, 0.2) is 51.9 Å². The van der Waals surface area contributed by atoms with Gasteiger partial charge in [-0.2, -0.15) is 0 Å². The predicted molar refractivity (Wildman–Crippen MR) is 196 cm³/mol. The molecule has 0 radical (unpaired) electrons. The molecule has 38 heavy (non-hydrogen) atoms. The van der Waals surface area contributed by atoms with Crippen molar-refractivity contribution in [2.45, 2.75) is 9.79 Å². The molecule has 0 aliphatic rings. The van der Waals surface area contributed by atoms with Gasteiger partial charge in [-0.1, -0.05) is 24.3 Å². The fourth-order valence-corrected chi connectivity index (χ4v) is 17.3. The van der Waals surface area contributed by atoms with Crippen LogP contribution in [0.1, 0.15) is 0 Å². The van der Waals surface area contributed by atoms with Gasteiger partial charge in [0.2, 0.25) is 0 Å². The van der Waals surface area contributed by atoms with Crippen LogP contribution in [0, 0.1) is 0 Å². The van der Waals surface area contributed by atoms with E-state index >= 15 is 0 Å². The van der Waals surface area contributed by atoms with Gasteiger partial charge in [0.25, 0.3) is 0 Å². The van der Waals surface area contributed by atoms with E-state index in [-0.39, 0.29) is 0 Å². The van der Waals surface area contributed by atoms with Gasteiger partial charge in [-0.05, 0) is 117 Å². The van der Waals surface area contributed by atoms with Crippen molar-refractivity contribution in [3.63, 3.8) is 0 Å². The molecule has 7 aromatic carbocycles. The Hall–Kier alpha value is 1.67. The van der Waals surface area contributed by atoms with Crippen LogP contribution in [0.3, 0.4) is 0 Å². The highest BCUT2D eigenvalue weighted by atomic mass is 79.9. The molecule has 0 aliphatic carbocycles. The molecule has 0 atom stereocenters. The van der Waals surface area contributed by atoms with Crippen LogP contribution >= 0.6 is 155 Å². The first-order valence-electron chi connectivity index (χ1n) is 10.7. The summed E-state index contributed by atoms with van der Waals surface area (Å²) < 4.78 is 3.38. The van der Waals surface area contributed by atoms with Gasteiger partial charge in [-0.25, -0.2) is 0 Å². The standard InChI is InChI=1S/C24H6Br4Cl6S2Si2/c25-17-6-3-1-5-2-4-7-10-8(5)9(6)11-13-12(10)16(22(36)21(7)35)24(38(32,33)34)23(37(29,30)31)15(13)20(28)19(27)14(11)18(17)26/h1-4,35-36H. The van der Waals surface area contributed by atoms with Crippen molar-refractivity contribution in [3.8, 4) is 0 Å². The summed E-state index contributed by atoms with van der Waals surface area (Å²) in [5.41, 5.74) is 0. The van der Waals surface area contributed by atoms with Crippen LogP contribution in [0.25, 0.3) is 64.6 Å². The topological polar surface area (TPSA) is 0 Å². The second kappa shape index (κ2) is 9.10. The number of halogens is 10. The Morgan fingerprint density at radius 1 is 0.447 bits per heavy atom. The third-order valence-corrected chi connectivity index (χ3v) is 18.4. The lowest BCUT2D eigenvalue weighted by atomic mass is 9.82. The minimum Gasteiger partial charge on any atom is -0.142 e. The highest BCUT2D eigenvalue weighted by Gasteiger charge is 2.45. The van der Waals surface area contributed by atoms with Gasteiger partial charge in [-0.3, -0.25) is 0 Å². The van der Waals surface area contributed by atoms with E-state index in [1.54, 1.807) is 0 Å². The monoisotopic (exact) mass is 939 g/mol. The van der Waals surface area contributed by atoms with Gasteiger partial charge in [0, 0.05) is 49.2 Å². The smallest absolute Gasteiger partial charge is 0.142 e. The molecule has 0 aliphatic heterocycles. The molecule has 0 saturated carbocycles. The van der Waals surface area contributed by atoms with Gasteiger partial charge in [-0.15, -0.1) is 91.7 Å². The minimum atomic E-state index is -3.68. The lowest BCUT2D eigenvalue weighted by Gasteiger charge is -2.30. The van der Waals surface area contributed by atoms with Crippen molar-refractivity contribution < 1.29 is 0 Å². The normalized spacial score (nSPS) is 13.8. The molecule has 0 nitrogen and oxygen atoms in total. The molecule has 0 unspecified atom stereocenters. The Morgan fingerprint density at radius 3 is 1.50 bits per heavy atom. The van der Waals surface area contributed by atoms with Gasteiger partial charge in [0.05, 0.1) is 0 Å². The summed E-state index contributed by atoms with van der Waals surface area (Å²) >= 11 is 66.6. The van der Waals surface area contributed by atoms with Crippen LogP contribution in [0.2, 0.25) is 0 Å². The van der Waals surface area contributed by atoms with Crippen LogP contribution < -0.4 is 10.4 Å². The van der Waals surface area contributed by atoms with Crippen molar-refractivity contribution in [1.82, 2.24) is 0 Å². The van der Waals surface area contributed by atoms with E-state index in [1.165, 1.54) is 0 Å². The van der Waals surface area contributed by atoms with Crippen LogP contribution in [-0.2, 0) is 0 Å². The predicted octanol–water partition coefficient (Wildman–Crippen LogP) is 12.3. The van der Waals surface area contributed by atoms with E-state index in [1.807, 2.05) is 0 Å². The van der Waals surface area contributed by atoms with Crippen LogP contribution in [0.4, 0.5) is 0 Å². The highest BCUT2D eigenvalue weighted by Crippen LogP contribution is 2.57. The van der Waals surface area contributed by atoms with E-state index < -0.39 is 12.0 Å². The number of benzene rings is 7. The van der Waals surface area contributed by atoms with Gasteiger partial charge in [0.15, 0.2) is 0 Å². The van der Waals surface area contributed by atoms with E-state index in [2.05, 4.69) is 88.0 Å². The molecular weight excluding hydrogens is 941 g/mol. The summed E-state index contributed by atoms with van der Waals surface area (Å²) in [6, 6.07) is 1.07. The van der Waals surface area contributed by atoms with Crippen LogP contribution in [-0.4, -0.2) is 12.0 Å². The largest absolute Gasteiger partial charge is 0.373 e. The molecule has 14 heteroatoms. The molecule has 0 saturated heterocycles. The van der Waals surface area contributed by atoms with Crippen molar-refractivity contribution in [3.05, 3.63) is 42.2 Å². The van der Waals surface area contributed by atoms with E-state index in [4.69, 9.17) is 91.7 Å². The zero-order chi connectivity index (χ0) is 27.4. The van der Waals surface area contributed by atoms with Crippen molar-refractivity contribution >= 4 is 242 Å². The second-order valence-electron chi connectivity index (χ2n) is 9.02. The van der Waals surface area contributed by atoms with Gasteiger partial charge in [0.1, 0.15) is 0 Å². The Morgan fingerprint density at radius 2 is 0.895 bits per heavy atom. The zero-order valence-corrected chi connectivity index (χ0v) is 32.7. The highest BCUT2D eigenvalue weighted by molar-refractivity contribution is 9.14. The molecule has 7 rings (SSSR count). The van der Waals surface area contributed by atoms with Gasteiger partial charge >= 0.3 is 12.0 Å². The van der Waals surface area contributed by atoms with Crippen molar-refractivity contribution in [2.24, 2.45) is 0 Å². The van der Waals surface area contributed by atoms with E-state index in [0.717, 1.165) is 77.1 Å². The first kappa shape index (κ1) is 28.4. The van der Waals surface area contributed by atoms with E-state index in [9.17, 15) is 0 Å². The average Bonchev–Trinajstić information content (AvgIpc) is 2.84. The third kappa shape index (κ3) is 3.54. The Kier molecular flexibility index (Phi) is 6.81. The summed E-state index contributed by atoms with van der Waals surface area (Å²) in [5, 5.41) is 12.5. The lowest BCUT2D eigenvalue weighted by Crippen LogP contribution is -2.51. The summed E-state index contributed by atoms with van der Waals surface area (Å²) in [6.07, 6.45) is 0. The number of rotatable bonds is 2. The van der Waals surface area contributed by atoms with Crippen LogP contribution in [0.5, 0.6) is 0 Å². The average molecular weight is 947 g/mol. The SMILES string of the molecule is Sc1c(S)c2c([Si](Cl)(Cl)Cl)c([Si](Cl)(Cl)Cl)c3c(Br)c(Br)c4c(Br)c(Br)c5ccc6ccc1c1c6c5c4c3c21. The number of thiol groups is 2. The Bertz CT molecular complexity index is 2170. The molecule has 0 fully saturated rings. The number of hydrogen-bond acceptors (Lipinski definition) is 2. The maximum atomic E-state index is 6.88. The Balaban J connectivity index is 2.08. The first-order chi connectivity index (χ1) is 17.7. The number of hydrogen-bond donors (Lipinski definition) is 2. The minimum absolute atomic E-state index is 0.453. The van der Waals surface area contributed by atoms with E-state index in [0.29, 0.717) is 25.6 Å². The zero-order valence-electron chi connectivity index (χ0n) is 18.0. The van der Waals surface area contributed by atoms with Crippen molar-refractivity contribution in [1.29, 1.82) is 0 Å². The summed E-state index contributed by atoms with van der Waals surface area (Å²) in [7, 11) is 0. The van der Waals surface area contributed by atoms with Gasteiger partial charge < -0.3 is 0 Å². The lowest BCUT2D eigenvalue weighted by molar-refractivity contribution is 1.39. The summed E-state index contributed by atoms with van der Waals surface area (Å²) in [5.74, 6) is 0. The summed E-state index contributed by atoms with van der Waals surface area (Å²) in [4.78, 5) is 1.27. The fraction of sp³-hybridized carbons (Fsp3) is 0.